The summed E-state index contributed by atoms with van der Waals surface area (Å²) in [7, 11) is -3.18. The van der Waals surface area contributed by atoms with Crippen LogP contribution in [0, 0.1) is 0 Å². The Morgan fingerprint density at radius 2 is 2.00 bits per heavy atom. The van der Waals surface area contributed by atoms with Crippen molar-refractivity contribution in [3.63, 3.8) is 0 Å². The molecule has 20 heavy (non-hydrogen) atoms. The van der Waals surface area contributed by atoms with Gasteiger partial charge in [-0.3, -0.25) is 4.79 Å². The maximum Gasteiger partial charge on any atom is 0.222 e. The van der Waals surface area contributed by atoms with Gasteiger partial charge in [0.1, 0.15) is 0 Å². The summed E-state index contributed by atoms with van der Waals surface area (Å²) in [6.07, 6.45) is 2.56. The second-order valence-corrected chi connectivity index (χ2v) is 7.52. The fourth-order valence-corrected chi connectivity index (χ4v) is 3.49. The summed E-state index contributed by atoms with van der Waals surface area (Å²) in [4.78, 5) is 13.8. The van der Waals surface area contributed by atoms with E-state index in [1.807, 2.05) is 20.8 Å². The van der Waals surface area contributed by atoms with E-state index < -0.39 is 10.0 Å². The van der Waals surface area contributed by atoms with Gasteiger partial charge in [0.15, 0.2) is 0 Å². The second kappa shape index (κ2) is 7.38. The first kappa shape index (κ1) is 17.4. The van der Waals surface area contributed by atoms with Crippen LogP contribution in [0.25, 0.3) is 0 Å². The highest BCUT2D eigenvalue weighted by atomic mass is 32.2. The lowest BCUT2D eigenvalue weighted by Crippen LogP contribution is -2.55. The van der Waals surface area contributed by atoms with Crippen LogP contribution in [0.1, 0.15) is 33.6 Å². The van der Waals surface area contributed by atoms with Crippen molar-refractivity contribution in [2.45, 2.75) is 45.8 Å². The molecule has 0 N–H and O–H groups in total. The topological polar surface area (TPSA) is 66.9 Å². The average Bonchev–Trinajstić information content (AvgIpc) is 2.32. The smallest absolute Gasteiger partial charge is 0.222 e. The Hall–Kier alpha value is -0.660. The van der Waals surface area contributed by atoms with Crippen LogP contribution in [0.5, 0.6) is 0 Å². The largest absolute Gasteiger partial charge is 0.379 e. The molecule has 0 radical (unpaired) electrons. The summed E-state index contributed by atoms with van der Waals surface area (Å²) in [6, 6.07) is -0.158. The summed E-state index contributed by atoms with van der Waals surface area (Å²) in [5, 5.41) is 0. The van der Waals surface area contributed by atoms with E-state index in [1.54, 1.807) is 4.90 Å². The van der Waals surface area contributed by atoms with Crippen LogP contribution < -0.4 is 0 Å². The number of amides is 1. The van der Waals surface area contributed by atoms with Crippen LogP contribution in [0.15, 0.2) is 0 Å². The normalized spacial score (nSPS) is 21.4. The predicted octanol–water partition coefficient (Wildman–Crippen LogP) is 0.684. The first-order chi connectivity index (χ1) is 9.21. The van der Waals surface area contributed by atoms with Crippen LogP contribution in [-0.4, -0.2) is 68.2 Å². The summed E-state index contributed by atoms with van der Waals surface area (Å²) in [6.45, 7) is 7.68. The Bertz CT molecular complexity index is 422. The number of ether oxygens (including phenoxy) is 1. The molecule has 1 unspecified atom stereocenters. The molecule has 1 rings (SSSR count). The third kappa shape index (κ3) is 5.38. The molecule has 1 saturated heterocycles. The van der Waals surface area contributed by atoms with E-state index in [9.17, 15) is 13.2 Å². The van der Waals surface area contributed by atoms with Crippen molar-refractivity contribution in [3.8, 4) is 0 Å². The minimum absolute atomic E-state index is 0.0809. The summed E-state index contributed by atoms with van der Waals surface area (Å²) in [5.74, 6) is 0.0809. The van der Waals surface area contributed by atoms with Gasteiger partial charge in [0, 0.05) is 38.7 Å². The summed E-state index contributed by atoms with van der Waals surface area (Å²) in [5.41, 5.74) is 0. The number of hydrogen-bond donors (Lipinski definition) is 0. The molecule has 0 aliphatic carbocycles. The Kier molecular flexibility index (Phi) is 6.42. The molecule has 1 heterocycles. The van der Waals surface area contributed by atoms with Gasteiger partial charge in [0.05, 0.1) is 12.4 Å². The van der Waals surface area contributed by atoms with E-state index >= 15 is 0 Å². The van der Waals surface area contributed by atoms with Crippen molar-refractivity contribution in [2.24, 2.45) is 0 Å². The number of rotatable bonds is 6. The lowest BCUT2D eigenvalue weighted by atomic mass is 10.2. The van der Waals surface area contributed by atoms with Gasteiger partial charge in [-0.05, 0) is 27.2 Å². The molecule has 7 heteroatoms. The first-order valence-electron chi connectivity index (χ1n) is 7.08. The van der Waals surface area contributed by atoms with Crippen molar-refractivity contribution in [1.82, 2.24) is 9.21 Å². The molecular weight excluding hydrogens is 280 g/mol. The van der Waals surface area contributed by atoms with E-state index in [0.717, 1.165) is 0 Å². The van der Waals surface area contributed by atoms with Gasteiger partial charge in [-0.2, -0.15) is 4.31 Å². The Morgan fingerprint density at radius 1 is 1.35 bits per heavy atom. The van der Waals surface area contributed by atoms with Gasteiger partial charge < -0.3 is 9.64 Å². The molecule has 0 aromatic rings. The van der Waals surface area contributed by atoms with E-state index in [1.165, 1.54) is 10.6 Å². The van der Waals surface area contributed by atoms with Gasteiger partial charge in [-0.1, -0.05) is 0 Å². The number of carbonyl (C=O) groups excluding carboxylic acids is 1. The summed E-state index contributed by atoms with van der Waals surface area (Å²) >= 11 is 0. The van der Waals surface area contributed by atoms with Crippen molar-refractivity contribution >= 4 is 15.9 Å². The third-order valence-corrected chi connectivity index (χ3v) is 4.73. The zero-order valence-electron chi connectivity index (χ0n) is 12.8. The third-order valence-electron chi connectivity index (χ3n) is 3.33. The second-order valence-electron chi connectivity index (χ2n) is 5.59. The van der Waals surface area contributed by atoms with Crippen LogP contribution in [0.4, 0.5) is 0 Å². The molecule has 0 saturated carbocycles. The molecular formula is C13H26N2O4S. The standard InChI is InChI=1S/C13H26N2O4S/c1-11(2)19-9-5-6-13(16)14-7-8-15(12(3)10-14)20(4,17)18/h11-12H,5-10H2,1-4H3. The number of nitrogens with zero attached hydrogens (tertiary/aromatic N) is 2. The average molecular weight is 306 g/mol. The Morgan fingerprint density at radius 3 is 2.50 bits per heavy atom. The van der Waals surface area contributed by atoms with Gasteiger partial charge in [-0.25, -0.2) is 8.42 Å². The number of piperazine rings is 1. The monoisotopic (exact) mass is 306 g/mol. The number of sulfonamides is 1. The fraction of sp³-hybridized carbons (Fsp3) is 0.923. The van der Waals surface area contributed by atoms with E-state index in [0.29, 0.717) is 39.1 Å². The molecule has 1 amide bonds. The van der Waals surface area contributed by atoms with Crippen LogP contribution in [-0.2, 0) is 19.6 Å². The Balaban J connectivity index is 2.38. The van der Waals surface area contributed by atoms with Crippen molar-refractivity contribution in [2.75, 3.05) is 32.5 Å². The zero-order chi connectivity index (χ0) is 15.3. The van der Waals surface area contributed by atoms with E-state index in [-0.39, 0.29) is 18.1 Å². The predicted molar refractivity (Wildman–Crippen MR) is 77.9 cm³/mol. The number of carbonyl (C=O) groups is 1. The van der Waals surface area contributed by atoms with E-state index in [2.05, 4.69) is 0 Å². The van der Waals surface area contributed by atoms with Gasteiger partial charge in [0.2, 0.25) is 15.9 Å². The molecule has 0 spiro atoms. The lowest BCUT2D eigenvalue weighted by Gasteiger charge is -2.38. The Labute approximate surface area is 122 Å². The van der Waals surface area contributed by atoms with Crippen LogP contribution in [0.2, 0.25) is 0 Å². The minimum atomic E-state index is -3.18. The lowest BCUT2D eigenvalue weighted by molar-refractivity contribution is -0.133. The molecule has 0 bridgehead atoms. The SMILES string of the molecule is CC(C)OCCCC(=O)N1CCN(S(C)(=O)=O)C(C)C1. The maximum absolute atomic E-state index is 12.0. The molecule has 0 aromatic carbocycles. The maximum atomic E-state index is 12.0. The van der Waals surface area contributed by atoms with Crippen LogP contribution >= 0.6 is 0 Å². The van der Waals surface area contributed by atoms with Gasteiger partial charge in [-0.15, -0.1) is 0 Å². The van der Waals surface area contributed by atoms with Crippen molar-refractivity contribution in [1.29, 1.82) is 0 Å². The zero-order valence-corrected chi connectivity index (χ0v) is 13.6. The molecule has 0 aromatic heterocycles. The minimum Gasteiger partial charge on any atom is -0.379 e. The first-order valence-corrected chi connectivity index (χ1v) is 8.93. The summed E-state index contributed by atoms with van der Waals surface area (Å²) < 4.78 is 30.0. The molecule has 118 valence electrons. The van der Waals surface area contributed by atoms with E-state index in [4.69, 9.17) is 4.74 Å². The fourth-order valence-electron chi connectivity index (χ4n) is 2.36. The van der Waals surface area contributed by atoms with Gasteiger partial charge >= 0.3 is 0 Å². The highest BCUT2D eigenvalue weighted by Gasteiger charge is 2.31. The molecule has 1 aliphatic rings. The number of hydrogen-bond acceptors (Lipinski definition) is 4. The quantitative estimate of drug-likeness (QED) is 0.677. The highest BCUT2D eigenvalue weighted by molar-refractivity contribution is 7.88. The van der Waals surface area contributed by atoms with Crippen molar-refractivity contribution in [3.05, 3.63) is 0 Å². The molecule has 1 atom stereocenters. The van der Waals surface area contributed by atoms with Crippen LogP contribution in [0.3, 0.4) is 0 Å². The highest BCUT2D eigenvalue weighted by Crippen LogP contribution is 2.14. The molecule has 6 nitrogen and oxygen atoms in total. The van der Waals surface area contributed by atoms with Crippen molar-refractivity contribution < 1.29 is 17.9 Å². The molecule has 1 fully saturated rings. The molecule has 1 aliphatic heterocycles. The van der Waals surface area contributed by atoms with Gasteiger partial charge in [0.25, 0.3) is 0 Å².